The first-order chi connectivity index (χ1) is 13.6. The topological polar surface area (TPSA) is 65.6 Å². The fourth-order valence-corrected chi connectivity index (χ4v) is 4.32. The number of thiophene rings is 1. The van der Waals surface area contributed by atoms with E-state index in [4.69, 9.17) is 0 Å². The molecule has 0 aliphatic carbocycles. The average molecular weight is 387 g/mol. The Kier molecular flexibility index (Phi) is 3.84. The van der Waals surface area contributed by atoms with Gasteiger partial charge in [-0.25, -0.2) is 4.68 Å². The minimum Gasteiger partial charge on any atom is -0.273 e. The van der Waals surface area contributed by atoms with Gasteiger partial charge in [-0.1, -0.05) is 17.3 Å². The summed E-state index contributed by atoms with van der Waals surface area (Å²) in [6.45, 7) is 4.05. The summed E-state index contributed by atoms with van der Waals surface area (Å²) in [6.07, 6.45) is 3.55. The first-order valence-electron chi connectivity index (χ1n) is 8.98. The van der Waals surface area contributed by atoms with E-state index in [2.05, 4.69) is 21.4 Å². The molecule has 5 rings (SSSR count). The molecule has 0 bridgehead atoms. The summed E-state index contributed by atoms with van der Waals surface area (Å²) in [5.41, 5.74) is 4.12. The Morgan fingerprint density at radius 2 is 2.00 bits per heavy atom. The monoisotopic (exact) mass is 387 g/mol. The molecular formula is C21H17N5OS. The van der Waals surface area contributed by atoms with E-state index in [0.717, 1.165) is 27.0 Å². The lowest BCUT2D eigenvalue weighted by atomic mass is 10.1. The van der Waals surface area contributed by atoms with Crippen LogP contribution in [0.5, 0.6) is 0 Å². The molecule has 1 atom stereocenters. The highest BCUT2D eigenvalue weighted by Gasteiger charge is 2.18. The second kappa shape index (κ2) is 6.38. The molecule has 0 unspecified atom stereocenters. The predicted octanol–water partition coefficient (Wildman–Crippen LogP) is 4.11. The molecule has 0 amide bonds. The molecule has 0 N–H and O–H groups in total. The Bertz CT molecular complexity index is 1380. The molecule has 6 nitrogen and oxygen atoms in total. The molecule has 0 saturated heterocycles. The molecule has 5 aromatic rings. The third-order valence-electron chi connectivity index (χ3n) is 4.95. The highest BCUT2D eigenvalue weighted by atomic mass is 32.1. The molecule has 0 aliphatic rings. The van der Waals surface area contributed by atoms with Crippen molar-refractivity contribution < 1.29 is 0 Å². The van der Waals surface area contributed by atoms with Gasteiger partial charge in [-0.05, 0) is 60.7 Å². The van der Waals surface area contributed by atoms with Crippen LogP contribution in [-0.2, 0) is 0 Å². The van der Waals surface area contributed by atoms with Gasteiger partial charge in [-0.15, -0.1) is 16.4 Å². The third kappa shape index (κ3) is 2.63. The van der Waals surface area contributed by atoms with Gasteiger partial charge in [-0.3, -0.25) is 14.3 Å². The van der Waals surface area contributed by atoms with Crippen molar-refractivity contribution in [3.63, 3.8) is 0 Å². The molecule has 0 spiro atoms. The maximum absolute atomic E-state index is 13.2. The van der Waals surface area contributed by atoms with Crippen LogP contribution in [-0.4, -0.2) is 24.5 Å². The van der Waals surface area contributed by atoms with Gasteiger partial charge in [-0.2, -0.15) is 0 Å². The summed E-state index contributed by atoms with van der Waals surface area (Å²) in [7, 11) is 0. The highest BCUT2D eigenvalue weighted by molar-refractivity contribution is 7.12. The Hall–Kier alpha value is -3.32. The van der Waals surface area contributed by atoms with E-state index >= 15 is 0 Å². The number of aryl methyl sites for hydroxylation is 1. The van der Waals surface area contributed by atoms with Crippen molar-refractivity contribution in [3.05, 3.63) is 81.7 Å². The normalized spacial score (nSPS) is 12.6. The van der Waals surface area contributed by atoms with Crippen molar-refractivity contribution in [3.8, 4) is 5.00 Å². The van der Waals surface area contributed by atoms with Crippen LogP contribution in [0.25, 0.3) is 26.9 Å². The summed E-state index contributed by atoms with van der Waals surface area (Å²) < 4.78 is 3.38. The Balaban J connectivity index is 1.66. The summed E-state index contributed by atoms with van der Waals surface area (Å²) in [4.78, 5) is 17.6. The maximum Gasteiger partial charge on any atom is 0.283 e. The Labute approximate surface area is 164 Å². The number of rotatable bonds is 3. The molecule has 1 aromatic carbocycles. The first-order valence-corrected chi connectivity index (χ1v) is 9.86. The number of hydrogen-bond donors (Lipinski definition) is 0. The van der Waals surface area contributed by atoms with Crippen LogP contribution in [0, 0.1) is 6.92 Å². The van der Waals surface area contributed by atoms with Gasteiger partial charge in [0.2, 0.25) is 0 Å². The summed E-state index contributed by atoms with van der Waals surface area (Å²) in [6, 6.07) is 13.8. The van der Waals surface area contributed by atoms with Crippen LogP contribution in [0.1, 0.15) is 24.1 Å². The number of nitrogens with zero attached hydrogens (tertiary/aromatic N) is 5. The summed E-state index contributed by atoms with van der Waals surface area (Å²) in [5.74, 6) is 0. The molecule has 4 heterocycles. The molecule has 0 aliphatic heterocycles. The van der Waals surface area contributed by atoms with Gasteiger partial charge in [0.1, 0.15) is 10.5 Å². The average Bonchev–Trinajstić information content (AvgIpc) is 3.34. The molecule has 0 radical (unpaired) electrons. The summed E-state index contributed by atoms with van der Waals surface area (Å²) in [5, 5.41) is 12.5. The van der Waals surface area contributed by atoms with E-state index in [-0.39, 0.29) is 11.6 Å². The fourth-order valence-electron chi connectivity index (χ4n) is 3.43. The van der Waals surface area contributed by atoms with Crippen molar-refractivity contribution in [1.82, 2.24) is 24.5 Å². The van der Waals surface area contributed by atoms with Gasteiger partial charge in [0.25, 0.3) is 5.56 Å². The van der Waals surface area contributed by atoms with Gasteiger partial charge in [0, 0.05) is 17.8 Å². The highest BCUT2D eigenvalue weighted by Crippen LogP contribution is 2.24. The maximum atomic E-state index is 13.2. The van der Waals surface area contributed by atoms with E-state index in [0.29, 0.717) is 11.0 Å². The van der Waals surface area contributed by atoms with Crippen LogP contribution in [0.15, 0.2) is 65.0 Å². The van der Waals surface area contributed by atoms with Crippen LogP contribution >= 0.6 is 11.3 Å². The van der Waals surface area contributed by atoms with E-state index in [1.165, 1.54) is 0 Å². The van der Waals surface area contributed by atoms with E-state index in [1.54, 1.807) is 33.0 Å². The van der Waals surface area contributed by atoms with Gasteiger partial charge in [0.15, 0.2) is 5.52 Å². The van der Waals surface area contributed by atoms with Gasteiger partial charge >= 0.3 is 0 Å². The van der Waals surface area contributed by atoms with Crippen LogP contribution in [0.2, 0.25) is 0 Å². The summed E-state index contributed by atoms with van der Waals surface area (Å²) >= 11 is 1.55. The fraction of sp³-hybridized carbons (Fsp3) is 0.143. The standard InChI is InChI=1S/C21H17N5OS/c1-13-10-19(28-12-13)25-9-7-18-20(21(25)27)26(24-23-18)14(2)15-5-6-17-16(11-15)4-3-8-22-17/h3-12,14H,1-2H3/t14-/m0/s1. The van der Waals surface area contributed by atoms with Crippen molar-refractivity contribution in [2.24, 2.45) is 0 Å². The van der Waals surface area contributed by atoms with Crippen LogP contribution in [0.4, 0.5) is 0 Å². The number of hydrogen-bond acceptors (Lipinski definition) is 5. The number of aromatic nitrogens is 5. The van der Waals surface area contributed by atoms with E-state index in [9.17, 15) is 4.79 Å². The van der Waals surface area contributed by atoms with E-state index in [1.807, 2.05) is 55.6 Å². The van der Waals surface area contributed by atoms with Crippen molar-refractivity contribution >= 4 is 33.3 Å². The van der Waals surface area contributed by atoms with E-state index < -0.39 is 0 Å². The minimum absolute atomic E-state index is 0.112. The molecule has 0 fully saturated rings. The second-order valence-corrected chi connectivity index (χ2v) is 7.74. The number of pyridine rings is 2. The zero-order valence-corrected chi connectivity index (χ0v) is 16.2. The largest absolute Gasteiger partial charge is 0.283 e. The predicted molar refractivity (Wildman–Crippen MR) is 111 cm³/mol. The third-order valence-corrected chi connectivity index (χ3v) is 6.00. The lowest BCUT2D eigenvalue weighted by Crippen LogP contribution is -2.21. The SMILES string of the molecule is Cc1csc(-n2ccc3nnn([C@@H](C)c4ccc5ncccc5c4)c3c2=O)c1. The number of fused-ring (bicyclic) bond motifs is 2. The zero-order valence-electron chi connectivity index (χ0n) is 15.4. The molecule has 0 saturated carbocycles. The van der Waals surface area contributed by atoms with Crippen LogP contribution in [0.3, 0.4) is 0 Å². The minimum atomic E-state index is -0.136. The smallest absolute Gasteiger partial charge is 0.273 e. The first kappa shape index (κ1) is 16.8. The lowest BCUT2D eigenvalue weighted by molar-refractivity contribution is 0.558. The quantitative estimate of drug-likeness (QED) is 0.467. The Morgan fingerprint density at radius 3 is 2.82 bits per heavy atom. The van der Waals surface area contributed by atoms with Crippen molar-refractivity contribution in [2.75, 3.05) is 0 Å². The molecule has 28 heavy (non-hydrogen) atoms. The Morgan fingerprint density at radius 1 is 1.11 bits per heavy atom. The molecule has 4 aromatic heterocycles. The number of benzene rings is 1. The van der Waals surface area contributed by atoms with Crippen LogP contribution < -0.4 is 5.56 Å². The van der Waals surface area contributed by atoms with Crippen molar-refractivity contribution in [1.29, 1.82) is 0 Å². The molecule has 138 valence electrons. The van der Waals surface area contributed by atoms with Gasteiger partial charge < -0.3 is 0 Å². The molecular weight excluding hydrogens is 370 g/mol. The molecule has 7 heteroatoms. The lowest BCUT2D eigenvalue weighted by Gasteiger charge is -2.14. The van der Waals surface area contributed by atoms with Gasteiger partial charge in [0.05, 0.1) is 11.6 Å². The zero-order chi connectivity index (χ0) is 19.3. The second-order valence-electron chi connectivity index (χ2n) is 6.85. The van der Waals surface area contributed by atoms with Crippen molar-refractivity contribution in [2.45, 2.75) is 19.9 Å².